The second-order valence-electron chi connectivity index (χ2n) is 6.21. The van der Waals surface area contributed by atoms with Crippen LogP contribution in [-0.2, 0) is 11.2 Å². The molecule has 3 heteroatoms. The van der Waals surface area contributed by atoms with Crippen LogP contribution in [0.25, 0.3) is 0 Å². The topological polar surface area (TPSA) is 49.3 Å². The van der Waals surface area contributed by atoms with Crippen molar-refractivity contribution in [2.24, 2.45) is 0 Å². The highest BCUT2D eigenvalue weighted by atomic mass is 16.4. The molecule has 2 aromatic carbocycles. The van der Waals surface area contributed by atoms with Crippen LogP contribution in [0.1, 0.15) is 49.4 Å². The molecule has 0 fully saturated rings. The molecule has 122 valence electrons. The third kappa shape index (κ3) is 4.93. The predicted molar refractivity (Wildman–Crippen MR) is 93.7 cm³/mol. The summed E-state index contributed by atoms with van der Waals surface area (Å²) in [5, 5.41) is 12.7. The maximum absolute atomic E-state index is 11.1. The molecule has 0 bridgehead atoms. The summed E-state index contributed by atoms with van der Waals surface area (Å²) in [6.07, 6.45) is 0.872. The number of hydrogen-bond acceptors (Lipinski definition) is 2. The number of benzene rings is 2. The standard InChI is InChI=1S/C20H25NO2/c1-14(21-16(3)18-9-5-4-6-10-18)12-17-8-7-11-19(13-17)15(2)20(22)23/h4-11,13-16,21H,12H2,1-3H3,(H,22,23)/t14?,15?,16-/m0/s1. The van der Waals surface area contributed by atoms with E-state index in [1.165, 1.54) is 5.56 Å². The Morgan fingerprint density at radius 1 is 1.00 bits per heavy atom. The van der Waals surface area contributed by atoms with Gasteiger partial charge < -0.3 is 10.4 Å². The highest BCUT2D eigenvalue weighted by molar-refractivity contribution is 5.75. The highest BCUT2D eigenvalue weighted by Gasteiger charge is 2.15. The first-order chi connectivity index (χ1) is 11.0. The van der Waals surface area contributed by atoms with Gasteiger partial charge in [-0.25, -0.2) is 0 Å². The SMILES string of the molecule is CC(Cc1cccc(C(C)C(=O)O)c1)N[C@@H](C)c1ccccc1. The molecule has 3 atom stereocenters. The molecule has 2 N–H and O–H groups in total. The summed E-state index contributed by atoms with van der Waals surface area (Å²) in [5.74, 6) is -1.26. The Labute approximate surface area is 138 Å². The number of nitrogens with one attached hydrogen (secondary N) is 1. The molecule has 2 rings (SSSR count). The Balaban J connectivity index is 1.99. The minimum atomic E-state index is -0.786. The van der Waals surface area contributed by atoms with Crippen LogP contribution in [0.2, 0.25) is 0 Å². The lowest BCUT2D eigenvalue weighted by Gasteiger charge is -2.21. The summed E-state index contributed by atoms with van der Waals surface area (Å²) >= 11 is 0. The smallest absolute Gasteiger partial charge is 0.310 e. The van der Waals surface area contributed by atoms with E-state index in [-0.39, 0.29) is 6.04 Å². The van der Waals surface area contributed by atoms with Gasteiger partial charge in [-0.1, -0.05) is 54.6 Å². The highest BCUT2D eigenvalue weighted by Crippen LogP contribution is 2.18. The van der Waals surface area contributed by atoms with Gasteiger partial charge in [-0.05, 0) is 43.9 Å². The molecule has 0 spiro atoms. The van der Waals surface area contributed by atoms with Crippen LogP contribution in [0.5, 0.6) is 0 Å². The van der Waals surface area contributed by atoms with Gasteiger partial charge in [0, 0.05) is 12.1 Å². The molecular formula is C20H25NO2. The molecule has 23 heavy (non-hydrogen) atoms. The summed E-state index contributed by atoms with van der Waals surface area (Å²) in [4.78, 5) is 11.1. The van der Waals surface area contributed by atoms with E-state index >= 15 is 0 Å². The third-order valence-corrected chi connectivity index (χ3v) is 4.20. The normalized spacial score (nSPS) is 14.9. The van der Waals surface area contributed by atoms with E-state index in [1.54, 1.807) is 6.92 Å². The molecular weight excluding hydrogens is 286 g/mol. The number of aliphatic carboxylic acids is 1. The van der Waals surface area contributed by atoms with Crippen LogP contribution in [0.3, 0.4) is 0 Å². The van der Waals surface area contributed by atoms with Crippen LogP contribution in [0, 0.1) is 0 Å². The number of hydrogen-bond donors (Lipinski definition) is 2. The van der Waals surface area contributed by atoms with Gasteiger partial charge in [0.05, 0.1) is 5.92 Å². The van der Waals surface area contributed by atoms with Gasteiger partial charge in [0.15, 0.2) is 0 Å². The number of carbonyl (C=O) groups is 1. The van der Waals surface area contributed by atoms with Gasteiger partial charge in [0.2, 0.25) is 0 Å². The van der Waals surface area contributed by atoms with E-state index in [9.17, 15) is 4.79 Å². The molecule has 2 aromatic rings. The molecule has 2 unspecified atom stereocenters. The molecule has 0 heterocycles. The average Bonchev–Trinajstić information content (AvgIpc) is 2.55. The summed E-state index contributed by atoms with van der Waals surface area (Å²) in [6.45, 7) is 6.04. The molecule has 0 aromatic heterocycles. The fourth-order valence-corrected chi connectivity index (χ4v) is 2.81. The Morgan fingerprint density at radius 3 is 2.30 bits per heavy atom. The molecule has 0 saturated carbocycles. The second kappa shape index (κ2) is 7.93. The van der Waals surface area contributed by atoms with Crippen molar-refractivity contribution >= 4 is 5.97 Å². The Hall–Kier alpha value is -2.13. The Morgan fingerprint density at radius 2 is 1.65 bits per heavy atom. The van der Waals surface area contributed by atoms with E-state index in [0.717, 1.165) is 17.5 Å². The molecule has 0 aliphatic heterocycles. The van der Waals surface area contributed by atoms with Crippen molar-refractivity contribution in [1.29, 1.82) is 0 Å². The zero-order valence-corrected chi connectivity index (χ0v) is 14.0. The maximum atomic E-state index is 11.1. The zero-order valence-electron chi connectivity index (χ0n) is 14.0. The van der Waals surface area contributed by atoms with Gasteiger partial charge in [-0.15, -0.1) is 0 Å². The molecule has 0 aliphatic carbocycles. The van der Waals surface area contributed by atoms with Crippen LogP contribution < -0.4 is 5.32 Å². The van der Waals surface area contributed by atoms with E-state index in [2.05, 4.69) is 49.5 Å². The van der Waals surface area contributed by atoms with Crippen molar-refractivity contribution in [2.45, 2.75) is 45.2 Å². The Kier molecular flexibility index (Phi) is 5.94. The fourth-order valence-electron chi connectivity index (χ4n) is 2.81. The predicted octanol–water partition coefficient (Wildman–Crippen LogP) is 4.16. The number of rotatable bonds is 7. The lowest BCUT2D eigenvalue weighted by Crippen LogP contribution is -2.30. The minimum absolute atomic E-state index is 0.285. The van der Waals surface area contributed by atoms with Crippen LogP contribution in [-0.4, -0.2) is 17.1 Å². The van der Waals surface area contributed by atoms with Gasteiger partial charge in [0.25, 0.3) is 0 Å². The summed E-state index contributed by atoms with van der Waals surface area (Å²) in [7, 11) is 0. The van der Waals surface area contributed by atoms with E-state index < -0.39 is 11.9 Å². The monoisotopic (exact) mass is 311 g/mol. The lowest BCUT2D eigenvalue weighted by atomic mass is 9.96. The molecule has 0 radical (unpaired) electrons. The van der Waals surface area contributed by atoms with Gasteiger partial charge >= 0.3 is 5.97 Å². The van der Waals surface area contributed by atoms with Crippen LogP contribution in [0.4, 0.5) is 0 Å². The zero-order chi connectivity index (χ0) is 16.8. The number of carboxylic acids is 1. The first kappa shape index (κ1) is 17.2. The summed E-state index contributed by atoms with van der Waals surface area (Å²) < 4.78 is 0. The van der Waals surface area contributed by atoms with E-state index in [1.807, 2.05) is 24.3 Å². The third-order valence-electron chi connectivity index (χ3n) is 4.20. The fraction of sp³-hybridized carbons (Fsp3) is 0.350. The van der Waals surface area contributed by atoms with Gasteiger partial charge in [-0.3, -0.25) is 4.79 Å². The first-order valence-electron chi connectivity index (χ1n) is 8.10. The van der Waals surface area contributed by atoms with Crippen molar-refractivity contribution in [1.82, 2.24) is 5.32 Å². The van der Waals surface area contributed by atoms with Crippen molar-refractivity contribution in [3.63, 3.8) is 0 Å². The summed E-state index contributed by atoms with van der Waals surface area (Å²) in [6, 6.07) is 18.9. The van der Waals surface area contributed by atoms with Gasteiger partial charge in [-0.2, -0.15) is 0 Å². The van der Waals surface area contributed by atoms with Crippen molar-refractivity contribution < 1.29 is 9.90 Å². The molecule has 0 amide bonds. The lowest BCUT2D eigenvalue weighted by molar-refractivity contribution is -0.138. The van der Waals surface area contributed by atoms with Crippen molar-refractivity contribution in [3.05, 3.63) is 71.3 Å². The van der Waals surface area contributed by atoms with Crippen molar-refractivity contribution in [2.75, 3.05) is 0 Å². The maximum Gasteiger partial charge on any atom is 0.310 e. The molecule has 3 nitrogen and oxygen atoms in total. The Bertz CT molecular complexity index is 639. The van der Waals surface area contributed by atoms with Crippen molar-refractivity contribution in [3.8, 4) is 0 Å². The summed E-state index contributed by atoms with van der Waals surface area (Å²) in [5.41, 5.74) is 3.29. The molecule has 0 saturated heterocycles. The van der Waals surface area contributed by atoms with E-state index in [0.29, 0.717) is 6.04 Å². The minimum Gasteiger partial charge on any atom is -0.481 e. The van der Waals surface area contributed by atoms with Crippen LogP contribution >= 0.6 is 0 Å². The van der Waals surface area contributed by atoms with Gasteiger partial charge in [0.1, 0.15) is 0 Å². The number of carboxylic acid groups (broad SMARTS) is 1. The largest absolute Gasteiger partial charge is 0.481 e. The first-order valence-corrected chi connectivity index (χ1v) is 8.10. The van der Waals surface area contributed by atoms with E-state index in [4.69, 9.17) is 5.11 Å². The average molecular weight is 311 g/mol. The quantitative estimate of drug-likeness (QED) is 0.807. The second-order valence-corrected chi connectivity index (χ2v) is 6.21. The molecule has 0 aliphatic rings. The van der Waals surface area contributed by atoms with Crippen LogP contribution in [0.15, 0.2) is 54.6 Å².